The van der Waals surface area contributed by atoms with Crippen LogP contribution in [0.25, 0.3) is 5.69 Å². The Morgan fingerprint density at radius 1 is 1.24 bits per heavy atom. The lowest BCUT2D eigenvalue weighted by atomic mass is 10.2. The Balaban J connectivity index is 2.16. The minimum Gasteiger partial charge on any atom is -0.494 e. The molecule has 6 heteroatoms. The van der Waals surface area contributed by atoms with E-state index in [2.05, 4.69) is 17.2 Å². The van der Waals surface area contributed by atoms with Crippen molar-refractivity contribution in [1.82, 2.24) is 15.0 Å². The molecule has 0 aliphatic heterocycles. The van der Waals surface area contributed by atoms with Crippen molar-refractivity contribution in [1.29, 1.82) is 0 Å². The Labute approximate surface area is 124 Å². The van der Waals surface area contributed by atoms with Gasteiger partial charge in [0.05, 0.1) is 24.6 Å². The average molecular weight is 290 g/mol. The molecule has 0 fully saturated rings. The summed E-state index contributed by atoms with van der Waals surface area (Å²) in [5, 5.41) is 8.24. The Kier molecular flexibility index (Phi) is 5.71. The summed E-state index contributed by atoms with van der Waals surface area (Å²) in [5.41, 5.74) is 8.21. The van der Waals surface area contributed by atoms with Crippen molar-refractivity contribution >= 4 is 0 Å². The van der Waals surface area contributed by atoms with Crippen LogP contribution in [0.1, 0.15) is 31.2 Å². The fourth-order valence-corrected chi connectivity index (χ4v) is 2.00. The molecule has 0 atom stereocenters. The van der Waals surface area contributed by atoms with Gasteiger partial charge in [0.15, 0.2) is 0 Å². The highest BCUT2D eigenvalue weighted by Crippen LogP contribution is 2.18. The Bertz CT molecular complexity index is 551. The summed E-state index contributed by atoms with van der Waals surface area (Å²) in [7, 11) is 1.64. The number of hydrogen-bond acceptors (Lipinski definition) is 5. The van der Waals surface area contributed by atoms with Crippen LogP contribution in [-0.4, -0.2) is 28.7 Å². The fraction of sp³-hybridized carbons (Fsp3) is 0.467. The molecular weight excluding hydrogens is 268 g/mol. The maximum atomic E-state index is 5.67. The summed E-state index contributed by atoms with van der Waals surface area (Å²) in [5.74, 6) is 0.861. The average Bonchev–Trinajstić information content (AvgIpc) is 2.91. The lowest BCUT2D eigenvalue weighted by Crippen LogP contribution is -2.07. The third kappa shape index (κ3) is 3.80. The van der Waals surface area contributed by atoms with Gasteiger partial charge < -0.3 is 15.2 Å². The van der Waals surface area contributed by atoms with E-state index in [0.29, 0.717) is 13.2 Å². The molecule has 0 aliphatic rings. The van der Waals surface area contributed by atoms with Crippen molar-refractivity contribution < 1.29 is 9.47 Å². The van der Waals surface area contributed by atoms with Crippen LogP contribution in [0.2, 0.25) is 0 Å². The number of aromatic nitrogens is 3. The van der Waals surface area contributed by atoms with Crippen LogP contribution >= 0.6 is 0 Å². The smallest absolute Gasteiger partial charge is 0.119 e. The number of rotatable bonds is 8. The largest absolute Gasteiger partial charge is 0.494 e. The van der Waals surface area contributed by atoms with Gasteiger partial charge in [-0.15, -0.1) is 5.10 Å². The van der Waals surface area contributed by atoms with E-state index in [0.717, 1.165) is 42.3 Å². The first kappa shape index (κ1) is 15.5. The molecule has 0 aliphatic carbocycles. The minimum atomic E-state index is 0.344. The van der Waals surface area contributed by atoms with E-state index >= 15 is 0 Å². The zero-order valence-corrected chi connectivity index (χ0v) is 12.6. The number of benzene rings is 1. The fourth-order valence-electron chi connectivity index (χ4n) is 2.00. The second kappa shape index (κ2) is 7.75. The van der Waals surface area contributed by atoms with Crippen LogP contribution < -0.4 is 10.5 Å². The molecule has 1 aromatic heterocycles. The standard InChI is InChI=1S/C15H22N4O2/c1-3-4-9-21-13-7-5-12(6-8-13)19-15(11-20-2)14(10-16)17-18-19/h5-8H,3-4,9-11,16H2,1-2H3. The summed E-state index contributed by atoms with van der Waals surface area (Å²) in [4.78, 5) is 0. The molecule has 0 spiro atoms. The van der Waals surface area contributed by atoms with E-state index < -0.39 is 0 Å². The van der Waals surface area contributed by atoms with Gasteiger partial charge in [-0.25, -0.2) is 4.68 Å². The molecule has 0 radical (unpaired) electrons. The Hall–Kier alpha value is -1.92. The van der Waals surface area contributed by atoms with Crippen LogP contribution in [-0.2, 0) is 17.9 Å². The molecule has 2 aromatic rings. The number of methoxy groups -OCH3 is 1. The van der Waals surface area contributed by atoms with Gasteiger partial charge in [-0.05, 0) is 30.7 Å². The Morgan fingerprint density at radius 3 is 2.62 bits per heavy atom. The second-order valence-electron chi connectivity index (χ2n) is 4.73. The molecular formula is C15H22N4O2. The lowest BCUT2D eigenvalue weighted by molar-refractivity contribution is 0.178. The predicted octanol–water partition coefficient (Wildman–Crippen LogP) is 2.05. The molecule has 0 saturated carbocycles. The number of nitrogens with zero attached hydrogens (tertiary/aromatic N) is 3. The normalized spacial score (nSPS) is 10.8. The van der Waals surface area contributed by atoms with E-state index in [-0.39, 0.29) is 0 Å². The summed E-state index contributed by atoms with van der Waals surface area (Å²) in [6.07, 6.45) is 2.18. The number of hydrogen-bond donors (Lipinski definition) is 1. The first-order chi connectivity index (χ1) is 10.3. The molecule has 2 rings (SSSR count). The van der Waals surface area contributed by atoms with Crippen molar-refractivity contribution in [3.63, 3.8) is 0 Å². The minimum absolute atomic E-state index is 0.344. The molecule has 0 amide bonds. The highest BCUT2D eigenvalue weighted by Gasteiger charge is 2.12. The third-order valence-corrected chi connectivity index (χ3v) is 3.17. The van der Waals surface area contributed by atoms with Crippen LogP contribution in [0.3, 0.4) is 0 Å². The highest BCUT2D eigenvalue weighted by molar-refractivity contribution is 5.38. The quantitative estimate of drug-likeness (QED) is 0.753. The number of unbranched alkanes of at least 4 members (excludes halogenated alkanes) is 1. The molecule has 6 nitrogen and oxygen atoms in total. The van der Waals surface area contributed by atoms with Crippen molar-refractivity contribution in [3.05, 3.63) is 35.7 Å². The van der Waals surface area contributed by atoms with Gasteiger partial charge in [0.2, 0.25) is 0 Å². The highest BCUT2D eigenvalue weighted by atomic mass is 16.5. The number of nitrogens with two attached hydrogens (primary N) is 1. The van der Waals surface area contributed by atoms with Gasteiger partial charge >= 0.3 is 0 Å². The van der Waals surface area contributed by atoms with Gasteiger partial charge in [-0.3, -0.25) is 0 Å². The first-order valence-corrected chi connectivity index (χ1v) is 7.15. The Morgan fingerprint density at radius 2 is 2.00 bits per heavy atom. The second-order valence-corrected chi connectivity index (χ2v) is 4.73. The summed E-state index contributed by atoms with van der Waals surface area (Å²) in [6.45, 7) is 3.65. The third-order valence-electron chi connectivity index (χ3n) is 3.17. The molecule has 0 saturated heterocycles. The zero-order valence-electron chi connectivity index (χ0n) is 12.6. The molecule has 0 unspecified atom stereocenters. The lowest BCUT2D eigenvalue weighted by Gasteiger charge is -2.09. The summed E-state index contributed by atoms with van der Waals surface area (Å²) >= 11 is 0. The van der Waals surface area contributed by atoms with E-state index in [1.165, 1.54) is 0 Å². The SMILES string of the molecule is CCCCOc1ccc(-n2nnc(CN)c2COC)cc1. The molecule has 114 valence electrons. The van der Waals surface area contributed by atoms with Gasteiger partial charge in [-0.1, -0.05) is 18.6 Å². The van der Waals surface area contributed by atoms with E-state index in [9.17, 15) is 0 Å². The van der Waals surface area contributed by atoms with E-state index in [4.69, 9.17) is 15.2 Å². The zero-order chi connectivity index (χ0) is 15.1. The van der Waals surface area contributed by atoms with E-state index in [1.54, 1.807) is 11.8 Å². The predicted molar refractivity (Wildman–Crippen MR) is 80.4 cm³/mol. The first-order valence-electron chi connectivity index (χ1n) is 7.15. The van der Waals surface area contributed by atoms with Crippen LogP contribution in [0.4, 0.5) is 0 Å². The van der Waals surface area contributed by atoms with Gasteiger partial charge in [-0.2, -0.15) is 0 Å². The molecule has 1 heterocycles. The maximum absolute atomic E-state index is 5.67. The molecule has 21 heavy (non-hydrogen) atoms. The molecule has 1 aromatic carbocycles. The summed E-state index contributed by atoms with van der Waals surface area (Å²) in [6, 6.07) is 7.78. The van der Waals surface area contributed by atoms with Gasteiger partial charge in [0, 0.05) is 13.7 Å². The van der Waals surface area contributed by atoms with Gasteiger partial charge in [0.1, 0.15) is 11.4 Å². The summed E-state index contributed by atoms with van der Waals surface area (Å²) < 4.78 is 12.6. The van der Waals surface area contributed by atoms with Crippen molar-refractivity contribution in [2.75, 3.05) is 13.7 Å². The monoisotopic (exact) mass is 290 g/mol. The van der Waals surface area contributed by atoms with Gasteiger partial charge in [0.25, 0.3) is 0 Å². The number of ether oxygens (including phenoxy) is 2. The van der Waals surface area contributed by atoms with Crippen LogP contribution in [0.15, 0.2) is 24.3 Å². The maximum Gasteiger partial charge on any atom is 0.119 e. The van der Waals surface area contributed by atoms with Crippen LogP contribution in [0, 0.1) is 0 Å². The topological polar surface area (TPSA) is 75.2 Å². The molecule has 2 N–H and O–H groups in total. The molecule has 0 bridgehead atoms. The van der Waals surface area contributed by atoms with Crippen molar-refractivity contribution in [2.24, 2.45) is 5.73 Å². The van der Waals surface area contributed by atoms with E-state index in [1.807, 2.05) is 24.3 Å². The van der Waals surface area contributed by atoms with Crippen molar-refractivity contribution in [2.45, 2.75) is 32.9 Å². The van der Waals surface area contributed by atoms with Crippen LogP contribution in [0.5, 0.6) is 5.75 Å². The van der Waals surface area contributed by atoms with Crippen molar-refractivity contribution in [3.8, 4) is 11.4 Å².